The van der Waals surface area contributed by atoms with Crippen LogP contribution in [0.2, 0.25) is 0 Å². The lowest BCUT2D eigenvalue weighted by atomic mass is 10.1. The van der Waals surface area contributed by atoms with Crippen molar-refractivity contribution >= 4 is 29.3 Å². The molecule has 2 aromatic rings. The van der Waals surface area contributed by atoms with E-state index in [2.05, 4.69) is 9.97 Å². The molecule has 1 aromatic carbocycles. The van der Waals surface area contributed by atoms with Crippen molar-refractivity contribution in [3.8, 4) is 0 Å². The molecule has 0 bridgehead atoms. The van der Waals surface area contributed by atoms with Crippen LogP contribution in [0.1, 0.15) is 22.3 Å². The topological polar surface area (TPSA) is 89.2 Å². The molecule has 7 nitrogen and oxygen atoms in total. The molecule has 0 spiro atoms. The van der Waals surface area contributed by atoms with Gasteiger partial charge in [0.25, 0.3) is 5.69 Å². The van der Waals surface area contributed by atoms with E-state index in [1.807, 2.05) is 19.9 Å². The standard InChI is InChI=1S/C15H14N4O3S/c1-9-7-10(2)17-15(16-9)18-13(20)8-23-14(18)11-5-3-4-6-12(11)19(21)22/h3-7,14H,8H2,1-2H3. The van der Waals surface area contributed by atoms with Gasteiger partial charge in [-0.15, -0.1) is 11.8 Å². The molecule has 1 aromatic heterocycles. The van der Waals surface area contributed by atoms with Crippen molar-refractivity contribution in [2.45, 2.75) is 19.2 Å². The second-order valence-electron chi connectivity index (χ2n) is 5.19. The summed E-state index contributed by atoms with van der Waals surface area (Å²) >= 11 is 1.34. The number of amides is 1. The summed E-state index contributed by atoms with van der Waals surface area (Å²) in [6.45, 7) is 3.65. The number of rotatable bonds is 3. The van der Waals surface area contributed by atoms with Gasteiger partial charge in [-0.25, -0.2) is 9.97 Å². The average molecular weight is 330 g/mol. The molecule has 0 N–H and O–H groups in total. The third kappa shape index (κ3) is 2.89. The van der Waals surface area contributed by atoms with Gasteiger partial charge in [-0.1, -0.05) is 12.1 Å². The van der Waals surface area contributed by atoms with Crippen LogP contribution in [0.15, 0.2) is 30.3 Å². The van der Waals surface area contributed by atoms with E-state index in [4.69, 9.17) is 0 Å². The largest absolute Gasteiger partial charge is 0.275 e. The summed E-state index contributed by atoms with van der Waals surface area (Å²) in [6, 6.07) is 8.27. The summed E-state index contributed by atoms with van der Waals surface area (Å²) in [5.74, 6) is 0.386. The first-order valence-corrected chi connectivity index (χ1v) is 8.01. The van der Waals surface area contributed by atoms with Crippen LogP contribution in [0, 0.1) is 24.0 Å². The molecule has 2 heterocycles. The third-order valence-corrected chi connectivity index (χ3v) is 4.65. The Morgan fingerprint density at radius 1 is 1.26 bits per heavy atom. The zero-order valence-electron chi connectivity index (χ0n) is 12.6. The molecule has 1 aliphatic rings. The number of benzene rings is 1. The molecular weight excluding hydrogens is 316 g/mol. The van der Waals surface area contributed by atoms with E-state index in [9.17, 15) is 14.9 Å². The van der Waals surface area contributed by atoms with Crippen molar-refractivity contribution in [1.82, 2.24) is 9.97 Å². The second kappa shape index (κ2) is 5.96. The molecule has 1 unspecified atom stereocenters. The Morgan fingerprint density at radius 2 is 1.91 bits per heavy atom. The van der Waals surface area contributed by atoms with Gasteiger partial charge >= 0.3 is 0 Å². The molecule has 1 aliphatic heterocycles. The predicted octanol–water partition coefficient (Wildman–Crippen LogP) is 2.78. The molecule has 1 fully saturated rings. The predicted molar refractivity (Wildman–Crippen MR) is 87.3 cm³/mol. The van der Waals surface area contributed by atoms with Crippen molar-refractivity contribution in [1.29, 1.82) is 0 Å². The Kier molecular flexibility index (Phi) is 3.99. The Bertz CT molecular complexity index is 776. The van der Waals surface area contributed by atoms with E-state index in [1.165, 1.54) is 22.7 Å². The van der Waals surface area contributed by atoms with Crippen molar-refractivity contribution < 1.29 is 9.72 Å². The Labute approximate surface area is 136 Å². The van der Waals surface area contributed by atoms with Crippen LogP contribution in [0.25, 0.3) is 0 Å². The number of anilines is 1. The van der Waals surface area contributed by atoms with Gasteiger partial charge < -0.3 is 0 Å². The maximum atomic E-state index is 12.3. The fourth-order valence-corrected chi connectivity index (χ4v) is 3.73. The van der Waals surface area contributed by atoms with Gasteiger partial charge in [0.1, 0.15) is 5.37 Å². The number of nitro benzene ring substituents is 1. The fourth-order valence-electron chi connectivity index (χ4n) is 2.55. The highest BCUT2D eigenvalue weighted by Gasteiger charge is 2.39. The average Bonchev–Trinajstić information content (AvgIpc) is 2.87. The number of aromatic nitrogens is 2. The number of thioether (sulfide) groups is 1. The third-order valence-electron chi connectivity index (χ3n) is 3.45. The highest BCUT2D eigenvalue weighted by Crippen LogP contribution is 2.43. The monoisotopic (exact) mass is 330 g/mol. The SMILES string of the molecule is Cc1cc(C)nc(N2C(=O)CSC2c2ccccc2[N+](=O)[O-])n1. The molecule has 23 heavy (non-hydrogen) atoms. The Hall–Kier alpha value is -2.48. The minimum absolute atomic E-state index is 0.00549. The first-order chi connectivity index (χ1) is 11.0. The van der Waals surface area contributed by atoms with Crippen LogP contribution in [0.4, 0.5) is 11.6 Å². The van der Waals surface area contributed by atoms with Crippen LogP contribution < -0.4 is 4.90 Å². The van der Waals surface area contributed by atoms with Crippen LogP contribution in [-0.2, 0) is 4.79 Å². The lowest BCUT2D eigenvalue weighted by molar-refractivity contribution is -0.385. The van der Waals surface area contributed by atoms with Crippen LogP contribution >= 0.6 is 11.8 Å². The van der Waals surface area contributed by atoms with Crippen molar-refractivity contribution in [3.63, 3.8) is 0 Å². The molecule has 1 saturated heterocycles. The van der Waals surface area contributed by atoms with Gasteiger partial charge in [-0.3, -0.25) is 19.8 Å². The van der Waals surface area contributed by atoms with Crippen molar-refractivity contribution in [2.24, 2.45) is 0 Å². The highest BCUT2D eigenvalue weighted by molar-refractivity contribution is 8.00. The lowest BCUT2D eigenvalue weighted by Gasteiger charge is -2.22. The Morgan fingerprint density at radius 3 is 2.57 bits per heavy atom. The summed E-state index contributed by atoms with van der Waals surface area (Å²) in [6.07, 6.45) is 0. The molecular formula is C15H14N4O3S. The molecule has 8 heteroatoms. The summed E-state index contributed by atoms with van der Waals surface area (Å²) in [7, 11) is 0. The lowest BCUT2D eigenvalue weighted by Crippen LogP contribution is -2.30. The van der Waals surface area contributed by atoms with Gasteiger partial charge in [0.05, 0.1) is 16.2 Å². The quantitative estimate of drug-likeness (QED) is 0.635. The zero-order valence-corrected chi connectivity index (χ0v) is 13.4. The van der Waals surface area contributed by atoms with Gasteiger partial charge in [0.15, 0.2) is 0 Å². The van der Waals surface area contributed by atoms with Crippen molar-refractivity contribution in [2.75, 3.05) is 10.7 Å². The maximum absolute atomic E-state index is 12.3. The molecule has 1 amide bonds. The summed E-state index contributed by atoms with van der Waals surface area (Å²) in [4.78, 5) is 33.3. The Balaban J connectivity index is 2.09. The van der Waals surface area contributed by atoms with E-state index >= 15 is 0 Å². The van der Waals surface area contributed by atoms with E-state index in [-0.39, 0.29) is 17.3 Å². The number of hydrogen-bond donors (Lipinski definition) is 0. The smallest absolute Gasteiger partial charge is 0.273 e. The first kappa shape index (κ1) is 15.4. The van der Waals surface area contributed by atoms with E-state index in [0.29, 0.717) is 11.5 Å². The summed E-state index contributed by atoms with van der Waals surface area (Å²) < 4.78 is 0. The number of para-hydroxylation sites is 1. The number of carbonyl (C=O) groups is 1. The number of hydrogen-bond acceptors (Lipinski definition) is 6. The van der Waals surface area contributed by atoms with Gasteiger partial charge in [0, 0.05) is 17.5 Å². The van der Waals surface area contributed by atoms with Gasteiger partial charge in [-0.05, 0) is 26.0 Å². The summed E-state index contributed by atoms with van der Waals surface area (Å²) in [5, 5.41) is 10.8. The molecule has 0 radical (unpaired) electrons. The van der Waals surface area contributed by atoms with E-state index < -0.39 is 10.3 Å². The molecule has 0 saturated carbocycles. The fraction of sp³-hybridized carbons (Fsp3) is 0.267. The number of nitrogens with zero attached hydrogens (tertiary/aromatic N) is 4. The second-order valence-corrected chi connectivity index (χ2v) is 6.26. The van der Waals surface area contributed by atoms with Crippen LogP contribution in [-0.4, -0.2) is 26.6 Å². The molecule has 3 rings (SSSR count). The van der Waals surface area contributed by atoms with E-state index in [1.54, 1.807) is 18.2 Å². The maximum Gasteiger partial charge on any atom is 0.275 e. The minimum Gasteiger partial charge on any atom is -0.273 e. The van der Waals surface area contributed by atoms with Crippen LogP contribution in [0.3, 0.4) is 0 Å². The number of carbonyl (C=O) groups excluding carboxylic acids is 1. The first-order valence-electron chi connectivity index (χ1n) is 6.96. The minimum atomic E-state index is -0.495. The molecule has 118 valence electrons. The zero-order chi connectivity index (χ0) is 16.6. The highest BCUT2D eigenvalue weighted by atomic mass is 32.2. The van der Waals surface area contributed by atoms with E-state index in [0.717, 1.165) is 11.4 Å². The summed E-state index contributed by atoms with van der Waals surface area (Å²) in [5.41, 5.74) is 1.97. The normalized spacial score (nSPS) is 17.6. The number of aryl methyl sites for hydroxylation is 2. The molecule has 0 aliphatic carbocycles. The molecule has 1 atom stereocenters. The van der Waals surface area contributed by atoms with Gasteiger partial charge in [0.2, 0.25) is 11.9 Å². The van der Waals surface area contributed by atoms with Crippen molar-refractivity contribution in [3.05, 3.63) is 57.4 Å². The number of nitro groups is 1. The van der Waals surface area contributed by atoms with Gasteiger partial charge in [-0.2, -0.15) is 0 Å². The van der Waals surface area contributed by atoms with Crippen LogP contribution in [0.5, 0.6) is 0 Å².